The fourth-order valence-corrected chi connectivity index (χ4v) is 2.51. The van der Waals surface area contributed by atoms with E-state index in [1.165, 1.54) is 11.8 Å². The molecule has 102 valence electrons. The molecule has 0 fully saturated rings. The standard InChI is InChI=1S/C12H21N3O2S/c1-4-5-9-6-11(16)15-12(14-9)18-8-10(13-2)7-17-3/h6,10,13H,4-5,7-8H2,1-3H3,(H,14,15,16). The van der Waals surface area contributed by atoms with Crippen molar-refractivity contribution >= 4 is 11.8 Å². The molecule has 0 aliphatic rings. The summed E-state index contributed by atoms with van der Waals surface area (Å²) in [7, 11) is 3.57. The summed E-state index contributed by atoms with van der Waals surface area (Å²) in [5, 5.41) is 3.84. The summed E-state index contributed by atoms with van der Waals surface area (Å²) in [5.41, 5.74) is 0.778. The average molecular weight is 271 g/mol. The lowest BCUT2D eigenvalue weighted by Gasteiger charge is -2.14. The predicted molar refractivity (Wildman–Crippen MR) is 74.3 cm³/mol. The van der Waals surface area contributed by atoms with E-state index in [1.807, 2.05) is 7.05 Å². The normalized spacial score (nSPS) is 12.6. The van der Waals surface area contributed by atoms with Gasteiger partial charge in [0.05, 0.1) is 6.61 Å². The van der Waals surface area contributed by atoms with Crippen molar-refractivity contribution in [3.63, 3.8) is 0 Å². The van der Waals surface area contributed by atoms with Gasteiger partial charge in [-0.25, -0.2) is 4.98 Å². The number of thioether (sulfide) groups is 1. The second-order valence-electron chi connectivity index (χ2n) is 4.04. The first-order valence-electron chi connectivity index (χ1n) is 6.08. The number of aryl methyl sites for hydroxylation is 1. The molecule has 1 rings (SSSR count). The first kappa shape index (κ1) is 15.2. The lowest BCUT2D eigenvalue weighted by atomic mass is 10.2. The lowest BCUT2D eigenvalue weighted by Crippen LogP contribution is -2.32. The van der Waals surface area contributed by atoms with Gasteiger partial charge in [0.1, 0.15) is 0 Å². The quantitative estimate of drug-likeness (QED) is 0.546. The first-order chi connectivity index (χ1) is 8.69. The molecule has 18 heavy (non-hydrogen) atoms. The van der Waals surface area contributed by atoms with Crippen molar-refractivity contribution in [2.75, 3.05) is 26.5 Å². The van der Waals surface area contributed by atoms with Crippen molar-refractivity contribution in [3.8, 4) is 0 Å². The van der Waals surface area contributed by atoms with Crippen LogP contribution in [0, 0.1) is 0 Å². The van der Waals surface area contributed by atoms with E-state index in [0.29, 0.717) is 11.8 Å². The van der Waals surface area contributed by atoms with E-state index in [2.05, 4.69) is 22.2 Å². The summed E-state index contributed by atoms with van der Waals surface area (Å²) in [4.78, 5) is 18.7. The Morgan fingerprint density at radius 3 is 3.00 bits per heavy atom. The number of aromatic amines is 1. The van der Waals surface area contributed by atoms with E-state index < -0.39 is 0 Å². The molecule has 0 aliphatic carbocycles. The van der Waals surface area contributed by atoms with Crippen molar-refractivity contribution in [3.05, 3.63) is 22.1 Å². The number of methoxy groups -OCH3 is 1. The zero-order chi connectivity index (χ0) is 13.4. The highest BCUT2D eigenvalue weighted by molar-refractivity contribution is 7.99. The number of H-pyrrole nitrogens is 1. The van der Waals surface area contributed by atoms with Crippen molar-refractivity contribution < 1.29 is 4.74 Å². The SMILES string of the molecule is CCCc1cc(=O)[nH]c(SCC(COC)NC)n1. The number of nitrogens with zero attached hydrogens (tertiary/aromatic N) is 1. The molecule has 0 aliphatic heterocycles. The number of hydrogen-bond donors (Lipinski definition) is 2. The summed E-state index contributed by atoms with van der Waals surface area (Å²) in [6, 6.07) is 1.82. The predicted octanol–water partition coefficient (Wildman–Crippen LogP) is 1.05. The molecular weight excluding hydrogens is 250 g/mol. The van der Waals surface area contributed by atoms with Gasteiger partial charge in [-0.2, -0.15) is 0 Å². The molecule has 0 saturated carbocycles. The van der Waals surface area contributed by atoms with Gasteiger partial charge < -0.3 is 15.0 Å². The summed E-state index contributed by atoms with van der Waals surface area (Å²) in [6.45, 7) is 2.72. The topological polar surface area (TPSA) is 67.0 Å². The van der Waals surface area contributed by atoms with Crippen LogP contribution in [-0.2, 0) is 11.2 Å². The van der Waals surface area contributed by atoms with Crippen molar-refractivity contribution in [2.24, 2.45) is 0 Å². The molecule has 0 amide bonds. The summed E-state index contributed by atoms with van der Waals surface area (Å²) in [5.74, 6) is 0.808. The highest BCUT2D eigenvalue weighted by Crippen LogP contribution is 2.13. The number of hydrogen-bond acceptors (Lipinski definition) is 5. The van der Waals surface area contributed by atoms with Crippen LogP contribution in [0.3, 0.4) is 0 Å². The molecule has 0 spiro atoms. The number of rotatable bonds is 8. The Balaban J connectivity index is 2.63. The van der Waals surface area contributed by atoms with Gasteiger partial charge in [-0.15, -0.1) is 0 Å². The number of ether oxygens (including phenoxy) is 1. The molecule has 2 N–H and O–H groups in total. The molecule has 1 aromatic heterocycles. The van der Waals surface area contributed by atoms with Crippen LogP contribution in [-0.4, -0.2) is 42.5 Å². The van der Waals surface area contributed by atoms with Crippen LogP contribution in [0.15, 0.2) is 16.0 Å². The molecule has 6 heteroatoms. The van der Waals surface area contributed by atoms with Crippen LogP contribution in [0.2, 0.25) is 0 Å². The Hall–Kier alpha value is -0.850. The highest BCUT2D eigenvalue weighted by atomic mass is 32.2. The minimum absolute atomic E-state index is 0.0799. The summed E-state index contributed by atoms with van der Waals surface area (Å²) >= 11 is 1.54. The van der Waals surface area contributed by atoms with Crippen molar-refractivity contribution in [1.82, 2.24) is 15.3 Å². The monoisotopic (exact) mass is 271 g/mol. The number of aromatic nitrogens is 2. The maximum absolute atomic E-state index is 11.5. The smallest absolute Gasteiger partial charge is 0.251 e. The second kappa shape index (κ2) is 8.29. The van der Waals surface area contributed by atoms with E-state index in [1.54, 1.807) is 13.2 Å². The third-order valence-corrected chi connectivity index (χ3v) is 3.51. The Morgan fingerprint density at radius 2 is 2.39 bits per heavy atom. The van der Waals surface area contributed by atoms with E-state index in [4.69, 9.17) is 4.74 Å². The van der Waals surface area contributed by atoms with E-state index in [-0.39, 0.29) is 11.6 Å². The maximum Gasteiger partial charge on any atom is 0.251 e. The molecular formula is C12H21N3O2S. The Labute approximate surface area is 112 Å². The van der Waals surface area contributed by atoms with Crippen LogP contribution in [0.25, 0.3) is 0 Å². The summed E-state index contributed by atoms with van der Waals surface area (Å²) < 4.78 is 5.10. The van der Waals surface area contributed by atoms with Gasteiger partial charge in [0.15, 0.2) is 5.16 Å². The van der Waals surface area contributed by atoms with Gasteiger partial charge >= 0.3 is 0 Å². The van der Waals surface area contributed by atoms with Crippen LogP contribution >= 0.6 is 11.8 Å². The van der Waals surface area contributed by atoms with Crippen LogP contribution in [0.5, 0.6) is 0 Å². The third-order valence-electron chi connectivity index (χ3n) is 2.48. The molecule has 0 bridgehead atoms. The number of nitrogens with one attached hydrogen (secondary N) is 2. The van der Waals surface area contributed by atoms with E-state index in [9.17, 15) is 4.79 Å². The minimum Gasteiger partial charge on any atom is -0.383 e. The van der Waals surface area contributed by atoms with Crippen LogP contribution in [0.1, 0.15) is 19.0 Å². The van der Waals surface area contributed by atoms with Gasteiger partial charge in [-0.05, 0) is 13.5 Å². The molecule has 0 aromatic carbocycles. The van der Waals surface area contributed by atoms with E-state index >= 15 is 0 Å². The van der Waals surface area contributed by atoms with Crippen LogP contribution in [0.4, 0.5) is 0 Å². The van der Waals surface area contributed by atoms with E-state index in [0.717, 1.165) is 24.3 Å². The largest absolute Gasteiger partial charge is 0.383 e. The molecule has 1 aromatic rings. The van der Waals surface area contributed by atoms with Gasteiger partial charge in [0, 0.05) is 30.7 Å². The molecule has 0 saturated heterocycles. The zero-order valence-electron chi connectivity index (χ0n) is 11.2. The molecule has 1 unspecified atom stereocenters. The zero-order valence-corrected chi connectivity index (χ0v) is 12.0. The average Bonchev–Trinajstić information content (AvgIpc) is 2.34. The van der Waals surface area contributed by atoms with Crippen molar-refractivity contribution in [1.29, 1.82) is 0 Å². The van der Waals surface area contributed by atoms with Crippen molar-refractivity contribution in [2.45, 2.75) is 31.0 Å². The third kappa shape index (κ3) is 5.20. The maximum atomic E-state index is 11.5. The fourth-order valence-electron chi connectivity index (χ4n) is 1.53. The molecule has 1 heterocycles. The fraction of sp³-hybridized carbons (Fsp3) is 0.667. The molecule has 0 radical (unpaired) electrons. The van der Waals surface area contributed by atoms with Crippen LogP contribution < -0.4 is 10.9 Å². The highest BCUT2D eigenvalue weighted by Gasteiger charge is 2.08. The molecule has 1 atom stereocenters. The number of likely N-dealkylation sites (N-methyl/N-ethyl adjacent to an activating group) is 1. The first-order valence-corrected chi connectivity index (χ1v) is 7.07. The minimum atomic E-state index is -0.0799. The lowest BCUT2D eigenvalue weighted by molar-refractivity contribution is 0.177. The Morgan fingerprint density at radius 1 is 1.61 bits per heavy atom. The van der Waals surface area contributed by atoms with Gasteiger partial charge in [0.2, 0.25) is 0 Å². The Kier molecular flexibility index (Phi) is 7.00. The van der Waals surface area contributed by atoms with Gasteiger partial charge in [0.25, 0.3) is 5.56 Å². The Bertz CT molecular complexity index is 409. The summed E-state index contributed by atoms with van der Waals surface area (Å²) in [6.07, 6.45) is 1.83. The molecule has 5 nitrogen and oxygen atoms in total. The van der Waals surface area contributed by atoms with Gasteiger partial charge in [-0.1, -0.05) is 25.1 Å². The second-order valence-corrected chi connectivity index (χ2v) is 5.05. The van der Waals surface area contributed by atoms with Gasteiger partial charge in [-0.3, -0.25) is 4.79 Å².